The Bertz CT molecular complexity index is 983. The lowest BCUT2D eigenvalue weighted by molar-refractivity contribution is 0.765. The highest BCUT2D eigenvalue weighted by Gasteiger charge is 2.28. The first kappa shape index (κ1) is 19.0. The van der Waals surface area contributed by atoms with Gasteiger partial charge < -0.3 is 0 Å². The molecule has 0 fully saturated rings. The number of halogens is 1. The molecule has 0 saturated carbocycles. The van der Waals surface area contributed by atoms with Gasteiger partial charge in [-0.2, -0.15) is 10.2 Å². The molecule has 1 N–H and O–H groups in total. The maximum atomic E-state index is 4.91. The molecule has 5 heteroatoms. The van der Waals surface area contributed by atoms with Gasteiger partial charge in [0, 0.05) is 5.56 Å². The molecule has 3 aromatic rings. The summed E-state index contributed by atoms with van der Waals surface area (Å²) in [7, 11) is 0. The third kappa shape index (κ3) is 3.55. The van der Waals surface area contributed by atoms with Crippen molar-refractivity contribution in [1.29, 1.82) is 0 Å². The number of hydrazine groups is 2. The molecule has 0 atom stereocenters. The molecule has 1 aliphatic rings. The SMILES string of the molecule is Br.Cc1ccccc1C1=NN(c2ccccc2C)N(c2ccccc2C)N1. The minimum atomic E-state index is 0. The summed E-state index contributed by atoms with van der Waals surface area (Å²) in [6.07, 6.45) is 0. The number of aryl methyl sites for hydroxylation is 3. The summed E-state index contributed by atoms with van der Waals surface area (Å²) in [6.45, 7) is 6.32. The Morgan fingerprint density at radius 2 is 1.19 bits per heavy atom. The van der Waals surface area contributed by atoms with Crippen LogP contribution in [0.2, 0.25) is 0 Å². The van der Waals surface area contributed by atoms with Crippen molar-refractivity contribution in [2.45, 2.75) is 20.8 Å². The van der Waals surface area contributed by atoms with Gasteiger partial charge >= 0.3 is 0 Å². The number of amidine groups is 1. The van der Waals surface area contributed by atoms with Gasteiger partial charge in [-0.25, -0.2) is 0 Å². The van der Waals surface area contributed by atoms with Gasteiger partial charge in [0.05, 0.1) is 11.4 Å². The van der Waals surface area contributed by atoms with Crippen LogP contribution in [0.4, 0.5) is 11.4 Å². The van der Waals surface area contributed by atoms with Crippen molar-refractivity contribution in [3.63, 3.8) is 0 Å². The molecule has 0 unspecified atom stereocenters. The van der Waals surface area contributed by atoms with Crippen molar-refractivity contribution in [3.8, 4) is 0 Å². The average Bonchev–Trinajstić information content (AvgIpc) is 3.07. The van der Waals surface area contributed by atoms with E-state index in [1.165, 1.54) is 16.7 Å². The fourth-order valence-electron chi connectivity index (χ4n) is 3.17. The molecule has 138 valence electrons. The van der Waals surface area contributed by atoms with E-state index < -0.39 is 0 Å². The second-order valence-corrected chi connectivity index (χ2v) is 6.55. The van der Waals surface area contributed by atoms with Crippen molar-refractivity contribution in [2.75, 3.05) is 10.2 Å². The maximum absolute atomic E-state index is 4.91. The Morgan fingerprint density at radius 1 is 0.667 bits per heavy atom. The predicted molar refractivity (Wildman–Crippen MR) is 118 cm³/mol. The minimum Gasteiger partial charge on any atom is -0.259 e. The lowest BCUT2D eigenvalue weighted by Crippen LogP contribution is -2.45. The molecule has 0 radical (unpaired) electrons. The Labute approximate surface area is 170 Å². The summed E-state index contributed by atoms with van der Waals surface area (Å²) in [5.74, 6) is 0.842. The number of nitrogens with one attached hydrogen (secondary N) is 1. The van der Waals surface area contributed by atoms with Crippen molar-refractivity contribution in [2.24, 2.45) is 5.10 Å². The molecule has 0 amide bonds. The number of para-hydroxylation sites is 2. The first-order valence-corrected chi connectivity index (χ1v) is 8.78. The smallest absolute Gasteiger partial charge is 0.176 e. The third-order valence-electron chi connectivity index (χ3n) is 4.67. The second kappa shape index (κ2) is 7.84. The van der Waals surface area contributed by atoms with E-state index >= 15 is 0 Å². The van der Waals surface area contributed by atoms with Crippen LogP contribution in [0.1, 0.15) is 22.3 Å². The highest BCUT2D eigenvalue weighted by Crippen LogP contribution is 2.30. The van der Waals surface area contributed by atoms with Crippen LogP contribution in [0.5, 0.6) is 0 Å². The lowest BCUT2D eigenvalue weighted by atomic mass is 10.1. The molecule has 0 saturated heterocycles. The van der Waals surface area contributed by atoms with Crippen LogP contribution in [0.25, 0.3) is 0 Å². The Balaban J connectivity index is 0.00000210. The molecule has 0 bridgehead atoms. The number of anilines is 2. The van der Waals surface area contributed by atoms with Crippen molar-refractivity contribution in [3.05, 3.63) is 95.1 Å². The predicted octanol–water partition coefficient (Wildman–Crippen LogP) is 5.30. The molecular formula is C22H23BrN4. The molecular weight excluding hydrogens is 400 g/mol. The number of benzene rings is 3. The van der Waals surface area contributed by atoms with Gasteiger partial charge in [0.25, 0.3) is 0 Å². The van der Waals surface area contributed by atoms with E-state index in [0.29, 0.717) is 0 Å². The van der Waals surface area contributed by atoms with E-state index in [-0.39, 0.29) is 17.0 Å². The van der Waals surface area contributed by atoms with Gasteiger partial charge in [-0.05, 0) is 49.6 Å². The van der Waals surface area contributed by atoms with Gasteiger partial charge in [-0.3, -0.25) is 5.43 Å². The highest BCUT2D eigenvalue weighted by molar-refractivity contribution is 8.93. The number of hydrogen-bond donors (Lipinski definition) is 1. The number of rotatable bonds is 3. The summed E-state index contributed by atoms with van der Waals surface area (Å²) in [6, 6.07) is 24.9. The van der Waals surface area contributed by atoms with Gasteiger partial charge in [0.2, 0.25) is 0 Å². The molecule has 0 aliphatic carbocycles. The molecule has 1 heterocycles. The highest BCUT2D eigenvalue weighted by atomic mass is 79.9. The molecule has 27 heavy (non-hydrogen) atoms. The van der Waals surface area contributed by atoms with Crippen LogP contribution in [0.3, 0.4) is 0 Å². The molecule has 1 aliphatic heterocycles. The van der Waals surface area contributed by atoms with Gasteiger partial charge in [0.15, 0.2) is 5.84 Å². The van der Waals surface area contributed by atoms with Crippen LogP contribution in [0.15, 0.2) is 77.9 Å². The first-order valence-electron chi connectivity index (χ1n) is 8.78. The molecule has 4 rings (SSSR count). The molecule has 0 aromatic heterocycles. The molecule has 3 aromatic carbocycles. The van der Waals surface area contributed by atoms with Crippen LogP contribution >= 0.6 is 17.0 Å². The van der Waals surface area contributed by atoms with Crippen LogP contribution in [0, 0.1) is 20.8 Å². The van der Waals surface area contributed by atoms with E-state index in [9.17, 15) is 0 Å². The quantitative estimate of drug-likeness (QED) is 0.621. The standard InChI is InChI=1S/C22H22N4.BrH/c1-16-10-4-7-13-19(16)22-23-25(20-14-8-5-11-17(20)2)26(24-22)21-15-9-6-12-18(21)3;/h4-15H,1-3H3,(H,23,24);1H. The Morgan fingerprint density at radius 3 is 1.78 bits per heavy atom. The maximum Gasteiger partial charge on any atom is 0.176 e. The zero-order valence-electron chi connectivity index (χ0n) is 15.7. The monoisotopic (exact) mass is 422 g/mol. The number of nitrogens with zero attached hydrogens (tertiary/aromatic N) is 3. The first-order chi connectivity index (χ1) is 12.6. The normalized spacial score (nSPS) is 13.1. The summed E-state index contributed by atoms with van der Waals surface area (Å²) in [5.41, 5.74) is 10.2. The molecule has 0 spiro atoms. The zero-order chi connectivity index (χ0) is 18.1. The van der Waals surface area contributed by atoms with Crippen LogP contribution < -0.4 is 15.7 Å². The summed E-state index contributed by atoms with van der Waals surface area (Å²) in [4.78, 5) is 0. The van der Waals surface area contributed by atoms with E-state index in [1.54, 1.807) is 0 Å². The lowest BCUT2D eigenvalue weighted by Gasteiger charge is -2.30. The third-order valence-corrected chi connectivity index (χ3v) is 4.67. The summed E-state index contributed by atoms with van der Waals surface area (Å²) >= 11 is 0. The van der Waals surface area contributed by atoms with Crippen LogP contribution in [-0.2, 0) is 0 Å². The second-order valence-electron chi connectivity index (χ2n) is 6.55. The minimum absolute atomic E-state index is 0. The van der Waals surface area contributed by atoms with Crippen molar-refractivity contribution in [1.82, 2.24) is 5.43 Å². The largest absolute Gasteiger partial charge is 0.259 e. The number of hydrogen-bond acceptors (Lipinski definition) is 4. The topological polar surface area (TPSA) is 30.9 Å². The zero-order valence-corrected chi connectivity index (χ0v) is 17.4. The van der Waals surface area contributed by atoms with Gasteiger partial charge in [0.1, 0.15) is 0 Å². The van der Waals surface area contributed by atoms with Gasteiger partial charge in [-0.15, -0.1) is 22.1 Å². The van der Waals surface area contributed by atoms with E-state index in [4.69, 9.17) is 5.10 Å². The summed E-state index contributed by atoms with van der Waals surface area (Å²) in [5, 5.41) is 8.87. The fourth-order valence-corrected chi connectivity index (χ4v) is 3.17. The van der Waals surface area contributed by atoms with Gasteiger partial charge in [-0.1, -0.05) is 60.7 Å². The average molecular weight is 423 g/mol. The van der Waals surface area contributed by atoms with E-state index in [2.05, 4.69) is 68.7 Å². The number of hydrazone groups is 1. The van der Waals surface area contributed by atoms with E-state index in [1.807, 2.05) is 40.6 Å². The van der Waals surface area contributed by atoms with Crippen molar-refractivity contribution < 1.29 is 0 Å². The van der Waals surface area contributed by atoms with Crippen molar-refractivity contribution >= 4 is 34.2 Å². The fraction of sp³-hybridized carbons (Fsp3) is 0.136. The molecule has 4 nitrogen and oxygen atoms in total. The summed E-state index contributed by atoms with van der Waals surface area (Å²) < 4.78 is 0. The Kier molecular flexibility index (Phi) is 5.51. The Hall–Kier alpha value is -2.79. The van der Waals surface area contributed by atoms with Crippen LogP contribution in [-0.4, -0.2) is 5.84 Å². The van der Waals surface area contributed by atoms with E-state index in [0.717, 1.165) is 22.8 Å².